The number of piperazine rings is 1. The second-order valence-electron chi connectivity index (χ2n) is 6.88. The van der Waals surface area contributed by atoms with E-state index < -0.39 is 0 Å². The van der Waals surface area contributed by atoms with Crippen LogP contribution < -0.4 is 4.90 Å². The summed E-state index contributed by atoms with van der Waals surface area (Å²) in [5, 5.41) is 0. The van der Waals surface area contributed by atoms with E-state index in [4.69, 9.17) is 4.74 Å². The Hall–Kier alpha value is -2.47. The molecule has 0 bridgehead atoms. The molecule has 1 aliphatic heterocycles. The van der Waals surface area contributed by atoms with Crippen LogP contribution in [0, 0.1) is 0 Å². The third-order valence-corrected chi connectivity index (χ3v) is 4.81. The van der Waals surface area contributed by atoms with E-state index in [0.717, 1.165) is 67.4 Å². The molecule has 0 amide bonds. The third-order valence-electron chi connectivity index (χ3n) is 4.81. The van der Waals surface area contributed by atoms with Gasteiger partial charge in [0.2, 0.25) is 0 Å². The van der Waals surface area contributed by atoms with Crippen molar-refractivity contribution in [2.75, 3.05) is 44.3 Å². The number of aromatic nitrogens is 2. The zero-order valence-corrected chi connectivity index (χ0v) is 16.0. The maximum absolute atomic E-state index is 12.5. The van der Waals surface area contributed by atoms with Crippen molar-refractivity contribution in [3.05, 3.63) is 60.5 Å². The predicted octanol–water partition coefficient (Wildman–Crippen LogP) is 3.74. The lowest BCUT2D eigenvalue weighted by Crippen LogP contribution is -2.47. The van der Waals surface area contributed by atoms with Crippen LogP contribution in [0.4, 0.5) is 10.2 Å². The lowest BCUT2D eigenvalue weighted by Gasteiger charge is -2.35. The van der Waals surface area contributed by atoms with Crippen LogP contribution in [0.1, 0.15) is 25.5 Å². The number of hydrogen-bond acceptors (Lipinski definition) is 5. The van der Waals surface area contributed by atoms with E-state index in [2.05, 4.69) is 39.0 Å². The monoisotopic (exact) mass is 370 g/mol. The average molecular weight is 370 g/mol. The largest absolute Gasteiger partial charge is 0.463 e. The molecule has 27 heavy (non-hydrogen) atoms. The van der Waals surface area contributed by atoms with Crippen molar-refractivity contribution in [1.82, 2.24) is 14.9 Å². The minimum Gasteiger partial charge on any atom is -0.463 e. The summed E-state index contributed by atoms with van der Waals surface area (Å²) in [6.45, 7) is 13.5. The minimum absolute atomic E-state index is 0.294. The molecule has 6 heteroatoms. The Morgan fingerprint density at radius 2 is 2.00 bits per heavy atom. The second kappa shape index (κ2) is 8.95. The minimum atomic E-state index is -0.294. The summed E-state index contributed by atoms with van der Waals surface area (Å²) in [4.78, 5) is 13.2. The highest BCUT2D eigenvalue weighted by molar-refractivity contribution is 5.77. The molecule has 1 fully saturated rings. The van der Waals surface area contributed by atoms with Crippen molar-refractivity contribution in [1.29, 1.82) is 0 Å². The molecular formula is C21H27FN4O. The molecule has 0 N–H and O–H groups in total. The van der Waals surface area contributed by atoms with Gasteiger partial charge in [-0.15, -0.1) is 0 Å². The molecule has 1 aliphatic carbocycles. The highest BCUT2D eigenvalue weighted by atomic mass is 19.1. The third kappa shape index (κ3) is 5.04. The summed E-state index contributed by atoms with van der Waals surface area (Å²) in [6, 6.07) is 1.99. The zero-order chi connectivity index (χ0) is 19.2. The summed E-state index contributed by atoms with van der Waals surface area (Å²) in [7, 11) is 0. The Morgan fingerprint density at radius 1 is 1.22 bits per heavy atom. The fraction of sp³-hybridized carbons (Fsp3) is 0.429. The van der Waals surface area contributed by atoms with E-state index in [1.165, 1.54) is 0 Å². The van der Waals surface area contributed by atoms with Crippen molar-refractivity contribution in [3.8, 4) is 0 Å². The van der Waals surface area contributed by atoms with Crippen LogP contribution in [0.15, 0.2) is 54.8 Å². The molecule has 0 aromatic carbocycles. The molecule has 144 valence electrons. The number of alkyl halides is 1. The van der Waals surface area contributed by atoms with Gasteiger partial charge in [0.25, 0.3) is 0 Å². The summed E-state index contributed by atoms with van der Waals surface area (Å²) < 4.78 is 18.1. The molecule has 1 saturated heterocycles. The van der Waals surface area contributed by atoms with Gasteiger partial charge in [-0.25, -0.2) is 14.4 Å². The molecule has 1 aromatic rings. The Morgan fingerprint density at radius 3 is 2.70 bits per heavy atom. The first-order valence-corrected chi connectivity index (χ1v) is 9.36. The van der Waals surface area contributed by atoms with Crippen LogP contribution in [-0.4, -0.2) is 54.3 Å². The molecule has 2 aliphatic rings. The van der Waals surface area contributed by atoms with E-state index in [1.54, 1.807) is 6.33 Å². The summed E-state index contributed by atoms with van der Waals surface area (Å²) in [5.74, 6) is 2.37. The topological polar surface area (TPSA) is 41.5 Å². The van der Waals surface area contributed by atoms with Crippen molar-refractivity contribution in [2.24, 2.45) is 0 Å². The Bertz CT molecular complexity index is 763. The highest BCUT2D eigenvalue weighted by Crippen LogP contribution is 2.30. The van der Waals surface area contributed by atoms with E-state index in [9.17, 15) is 4.39 Å². The number of hydrogen-bond donors (Lipinski definition) is 0. The number of nitrogens with zero attached hydrogens (tertiary/aromatic N) is 4. The summed E-state index contributed by atoms with van der Waals surface area (Å²) in [5.41, 5.74) is 2.84. The quantitative estimate of drug-likeness (QED) is 0.684. The average Bonchev–Trinajstić information content (AvgIpc) is 2.68. The summed E-state index contributed by atoms with van der Waals surface area (Å²) in [6.07, 6.45) is 7.48. The van der Waals surface area contributed by atoms with E-state index >= 15 is 0 Å². The second-order valence-corrected chi connectivity index (χ2v) is 6.88. The molecule has 0 atom stereocenters. The van der Waals surface area contributed by atoms with Gasteiger partial charge in [-0.1, -0.05) is 13.2 Å². The van der Waals surface area contributed by atoms with Crippen molar-refractivity contribution < 1.29 is 9.13 Å². The first kappa shape index (κ1) is 19.3. The van der Waals surface area contributed by atoms with Crippen LogP contribution in [-0.2, 0) is 4.74 Å². The number of ether oxygens (including phenoxy) is 1. The van der Waals surface area contributed by atoms with Crippen molar-refractivity contribution in [3.63, 3.8) is 0 Å². The maximum atomic E-state index is 12.5. The van der Waals surface area contributed by atoms with Gasteiger partial charge in [-0.05, 0) is 43.1 Å². The first-order valence-electron chi connectivity index (χ1n) is 9.36. The molecule has 5 nitrogen and oxygen atoms in total. The van der Waals surface area contributed by atoms with Gasteiger partial charge in [0.1, 0.15) is 24.6 Å². The van der Waals surface area contributed by atoms with Gasteiger partial charge >= 0.3 is 0 Å². The van der Waals surface area contributed by atoms with Crippen LogP contribution in [0.25, 0.3) is 5.57 Å². The SMILES string of the molecule is C=C(C)OC1=CCCC(C(=C)c2cc(N3CCN(CCF)CC3)ncn2)=C1. The molecule has 0 saturated carbocycles. The van der Waals surface area contributed by atoms with E-state index in [1.807, 2.05) is 19.1 Å². The Labute approximate surface area is 160 Å². The smallest absolute Gasteiger partial charge is 0.132 e. The molecule has 0 unspecified atom stereocenters. The molecule has 0 radical (unpaired) electrons. The molecule has 2 heterocycles. The number of allylic oxidation sites excluding steroid dienone is 5. The number of rotatable bonds is 7. The Balaban J connectivity index is 1.70. The van der Waals surface area contributed by atoms with Crippen LogP contribution >= 0.6 is 0 Å². The van der Waals surface area contributed by atoms with Gasteiger partial charge in [-0.2, -0.15) is 0 Å². The van der Waals surface area contributed by atoms with E-state index in [0.29, 0.717) is 12.3 Å². The maximum Gasteiger partial charge on any atom is 0.132 e. The molecule has 3 rings (SSSR count). The zero-order valence-electron chi connectivity index (χ0n) is 16.0. The number of anilines is 1. The van der Waals surface area contributed by atoms with Gasteiger partial charge in [0.05, 0.1) is 11.5 Å². The first-order chi connectivity index (χ1) is 13.1. The van der Waals surface area contributed by atoms with Crippen LogP contribution in [0.2, 0.25) is 0 Å². The van der Waals surface area contributed by atoms with Gasteiger partial charge in [0, 0.05) is 38.8 Å². The Kier molecular flexibility index (Phi) is 6.40. The molecule has 0 spiro atoms. The normalized spacial score (nSPS) is 17.9. The number of halogens is 1. The van der Waals surface area contributed by atoms with E-state index in [-0.39, 0.29) is 6.67 Å². The standard InChI is InChI=1S/C21H27FN4O/c1-16(2)27-19-6-4-5-18(13-19)17(3)20-14-21(24-15-23-20)26-11-9-25(8-7-22)10-12-26/h6,13-15H,1,3-5,7-12H2,2H3. The van der Waals surface area contributed by atoms with Crippen molar-refractivity contribution in [2.45, 2.75) is 19.8 Å². The van der Waals surface area contributed by atoms with Crippen LogP contribution in [0.3, 0.4) is 0 Å². The van der Waals surface area contributed by atoms with Gasteiger partial charge in [0.15, 0.2) is 0 Å². The molecule has 1 aromatic heterocycles. The lowest BCUT2D eigenvalue weighted by molar-refractivity contribution is 0.235. The van der Waals surface area contributed by atoms with Gasteiger partial charge < -0.3 is 9.64 Å². The fourth-order valence-electron chi connectivity index (χ4n) is 3.35. The summed E-state index contributed by atoms with van der Waals surface area (Å²) >= 11 is 0. The van der Waals surface area contributed by atoms with Crippen LogP contribution in [0.5, 0.6) is 0 Å². The lowest BCUT2D eigenvalue weighted by atomic mass is 9.95. The van der Waals surface area contributed by atoms with Crippen molar-refractivity contribution >= 4 is 11.4 Å². The molecular weight excluding hydrogens is 343 g/mol. The predicted molar refractivity (Wildman–Crippen MR) is 107 cm³/mol. The fourth-order valence-corrected chi connectivity index (χ4v) is 3.35. The van der Waals surface area contributed by atoms with Gasteiger partial charge in [-0.3, -0.25) is 4.90 Å². The highest BCUT2D eigenvalue weighted by Gasteiger charge is 2.19.